The molecule has 2 nitrogen and oxygen atoms in total. The third-order valence-corrected chi connectivity index (χ3v) is 5.55. The van der Waals surface area contributed by atoms with Gasteiger partial charge in [0.1, 0.15) is 11.4 Å². The third-order valence-electron chi connectivity index (χ3n) is 5.55. The van der Waals surface area contributed by atoms with Crippen LogP contribution in [0.4, 0.5) is 5.69 Å². The Morgan fingerprint density at radius 3 is 2.17 bits per heavy atom. The Morgan fingerprint density at radius 1 is 0.870 bits per heavy atom. The summed E-state index contributed by atoms with van der Waals surface area (Å²) in [6.07, 6.45) is 7.80. The van der Waals surface area contributed by atoms with Gasteiger partial charge in [-0.1, -0.05) is 30.3 Å². The largest absolute Gasteiger partial charge is 0.487 e. The first-order chi connectivity index (χ1) is 11.3. The predicted octanol–water partition coefficient (Wildman–Crippen LogP) is 5.40. The molecular weight excluding hydrogens is 282 g/mol. The first-order valence-corrected chi connectivity index (χ1v) is 8.88. The van der Waals surface area contributed by atoms with Crippen molar-refractivity contribution in [1.29, 1.82) is 0 Å². The molecule has 2 aromatic rings. The first kappa shape index (κ1) is 14.6. The molecule has 0 unspecified atom stereocenters. The molecule has 0 atom stereocenters. The van der Waals surface area contributed by atoms with E-state index in [1.165, 1.54) is 44.1 Å². The molecule has 0 aromatic heterocycles. The molecular formula is C21H25NO. The van der Waals surface area contributed by atoms with E-state index in [0.29, 0.717) is 0 Å². The van der Waals surface area contributed by atoms with Crippen molar-refractivity contribution in [3.05, 3.63) is 60.2 Å². The van der Waals surface area contributed by atoms with Crippen LogP contribution in [0.2, 0.25) is 0 Å². The van der Waals surface area contributed by atoms with Gasteiger partial charge in [-0.3, -0.25) is 0 Å². The molecule has 1 N–H and O–H groups in total. The lowest BCUT2D eigenvalue weighted by atomic mass is 9.68. The Bertz CT molecular complexity index is 613. The molecule has 2 aromatic carbocycles. The highest BCUT2D eigenvalue weighted by Gasteiger charge is 2.42. The van der Waals surface area contributed by atoms with E-state index in [1.54, 1.807) is 0 Å². The highest BCUT2D eigenvalue weighted by atomic mass is 16.5. The van der Waals surface area contributed by atoms with E-state index in [1.807, 2.05) is 6.07 Å². The van der Waals surface area contributed by atoms with Crippen LogP contribution in [0.25, 0.3) is 0 Å². The smallest absolute Gasteiger partial charge is 0.120 e. The predicted molar refractivity (Wildman–Crippen MR) is 94.8 cm³/mol. The first-order valence-electron chi connectivity index (χ1n) is 8.88. The molecule has 3 aliphatic carbocycles. The Morgan fingerprint density at radius 2 is 1.52 bits per heavy atom. The molecule has 0 spiro atoms. The van der Waals surface area contributed by atoms with E-state index in [-0.39, 0.29) is 5.60 Å². The van der Waals surface area contributed by atoms with Crippen LogP contribution in [0.5, 0.6) is 5.75 Å². The molecule has 2 heteroatoms. The molecule has 5 rings (SSSR count). The number of fused-ring (bicyclic) bond motifs is 3. The third kappa shape index (κ3) is 3.36. The molecule has 2 bridgehead atoms. The summed E-state index contributed by atoms with van der Waals surface area (Å²) < 4.78 is 6.42. The summed E-state index contributed by atoms with van der Waals surface area (Å²) in [5.41, 5.74) is 2.57. The second-order valence-corrected chi connectivity index (χ2v) is 7.13. The fourth-order valence-corrected chi connectivity index (χ4v) is 4.05. The summed E-state index contributed by atoms with van der Waals surface area (Å²) >= 11 is 0. The molecule has 23 heavy (non-hydrogen) atoms. The van der Waals surface area contributed by atoms with E-state index in [0.717, 1.165) is 23.9 Å². The molecule has 3 saturated carbocycles. The van der Waals surface area contributed by atoms with Crippen LogP contribution in [0.1, 0.15) is 44.1 Å². The van der Waals surface area contributed by atoms with Crippen molar-refractivity contribution in [3.8, 4) is 5.75 Å². The van der Waals surface area contributed by atoms with Gasteiger partial charge in [-0.2, -0.15) is 0 Å². The van der Waals surface area contributed by atoms with E-state index < -0.39 is 0 Å². The number of rotatable bonds is 5. The maximum atomic E-state index is 6.42. The van der Waals surface area contributed by atoms with Gasteiger partial charge in [0.15, 0.2) is 0 Å². The Hall–Kier alpha value is -1.96. The molecule has 0 saturated heterocycles. The summed E-state index contributed by atoms with van der Waals surface area (Å²) in [6.45, 7) is 0.854. The second kappa shape index (κ2) is 6.27. The quantitative estimate of drug-likeness (QED) is 0.798. The van der Waals surface area contributed by atoms with Crippen molar-refractivity contribution >= 4 is 5.69 Å². The molecule has 0 amide bonds. The van der Waals surface area contributed by atoms with E-state index in [4.69, 9.17) is 4.74 Å². The monoisotopic (exact) mass is 307 g/mol. The van der Waals surface area contributed by atoms with Crippen LogP contribution < -0.4 is 10.1 Å². The fraction of sp³-hybridized carbons (Fsp3) is 0.429. The van der Waals surface area contributed by atoms with Gasteiger partial charge >= 0.3 is 0 Å². The Kier molecular flexibility index (Phi) is 3.99. The van der Waals surface area contributed by atoms with Gasteiger partial charge in [-0.15, -0.1) is 0 Å². The maximum absolute atomic E-state index is 6.42. The number of hydrogen-bond acceptors (Lipinski definition) is 2. The summed E-state index contributed by atoms with van der Waals surface area (Å²) in [6, 6.07) is 19.0. The van der Waals surface area contributed by atoms with Crippen molar-refractivity contribution in [1.82, 2.24) is 0 Å². The second-order valence-electron chi connectivity index (χ2n) is 7.13. The van der Waals surface area contributed by atoms with Gasteiger partial charge in [0.05, 0.1) is 0 Å². The summed E-state index contributed by atoms with van der Waals surface area (Å²) in [5, 5.41) is 3.47. The molecule has 3 fully saturated rings. The van der Waals surface area contributed by atoms with Gasteiger partial charge in [-0.05, 0) is 74.3 Å². The van der Waals surface area contributed by atoms with E-state index >= 15 is 0 Å². The zero-order valence-electron chi connectivity index (χ0n) is 13.6. The normalized spacial score (nSPS) is 26.0. The number of benzene rings is 2. The SMILES string of the molecule is c1ccc(CNc2ccc(OC34CCC(CC3)CC4)cc2)cc1. The minimum Gasteiger partial charge on any atom is -0.487 e. The number of nitrogens with one attached hydrogen (secondary N) is 1. The lowest BCUT2D eigenvalue weighted by Crippen LogP contribution is -2.44. The van der Waals surface area contributed by atoms with Crippen molar-refractivity contribution in [2.24, 2.45) is 5.92 Å². The number of hydrogen-bond donors (Lipinski definition) is 1. The van der Waals surface area contributed by atoms with Crippen LogP contribution in [0.3, 0.4) is 0 Å². The highest BCUT2D eigenvalue weighted by molar-refractivity contribution is 5.47. The average Bonchev–Trinajstić information content (AvgIpc) is 2.63. The summed E-state index contributed by atoms with van der Waals surface area (Å²) in [4.78, 5) is 0. The molecule has 0 heterocycles. The lowest BCUT2D eigenvalue weighted by Gasteiger charge is -2.46. The summed E-state index contributed by atoms with van der Waals surface area (Å²) in [7, 11) is 0. The molecule has 0 radical (unpaired) electrons. The minimum atomic E-state index is 0.133. The van der Waals surface area contributed by atoms with Crippen molar-refractivity contribution in [2.45, 2.75) is 50.7 Å². The topological polar surface area (TPSA) is 21.3 Å². The van der Waals surface area contributed by atoms with Crippen molar-refractivity contribution in [2.75, 3.05) is 5.32 Å². The van der Waals surface area contributed by atoms with Crippen molar-refractivity contribution < 1.29 is 4.74 Å². The minimum absolute atomic E-state index is 0.133. The van der Waals surface area contributed by atoms with Crippen molar-refractivity contribution in [3.63, 3.8) is 0 Å². The average molecular weight is 307 g/mol. The standard InChI is InChI=1S/C21H25NO/c1-2-4-18(5-3-1)16-22-19-6-8-20(9-7-19)23-21-13-10-17(11-14-21)12-15-21/h1-9,17,22H,10-16H2. The Balaban J connectivity index is 1.36. The zero-order chi connectivity index (χ0) is 15.5. The Labute approximate surface area is 138 Å². The lowest BCUT2D eigenvalue weighted by molar-refractivity contribution is -0.0323. The van der Waals surface area contributed by atoms with Crippen LogP contribution in [-0.2, 0) is 6.54 Å². The van der Waals surface area contributed by atoms with Crippen LogP contribution in [0, 0.1) is 5.92 Å². The maximum Gasteiger partial charge on any atom is 0.120 e. The van der Waals surface area contributed by atoms with Gasteiger partial charge in [0.25, 0.3) is 0 Å². The molecule has 0 aliphatic heterocycles. The van der Waals surface area contributed by atoms with E-state index in [9.17, 15) is 0 Å². The fourth-order valence-electron chi connectivity index (χ4n) is 4.05. The summed E-state index contributed by atoms with van der Waals surface area (Å²) in [5.74, 6) is 2.00. The van der Waals surface area contributed by atoms with E-state index in [2.05, 4.69) is 53.8 Å². The van der Waals surface area contributed by atoms with Crippen LogP contribution in [0.15, 0.2) is 54.6 Å². The van der Waals surface area contributed by atoms with Gasteiger partial charge in [0.2, 0.25) is 0 Å². The van der Waals surface area contributed by atoms with Crippen LogP contribution >= 0.6 is 0 Å². The molecule has 3 aliphatic rings. The zero-order valence-corrected chi connectivity index (χ0v) is 13.6. The number of ether oxygens (including phenoxy) is 1. The molecule has 120 valence electrons. The highest BCUT2D eigenvalue weighted by Crippen LogP contribution is 2.46. The van der Waals surface area contributed by atoms with Gasteiger partial charge in [0, 0.05) is 12.2 Å². The van der Waals surface area contributed by atoms with Gasteiger partial charge < -0.3 is 10.1 Å². The number of anilines is 1. The van der Waals surface area contributed by atoms with Crippen LogP contribution in [-0.4, -0.2) is 5.60 Å². The van der Waals surface area contributed by atoms with Gasteiger partial charge in [-0.25, -0.2) is 0 Å².